The Bertz CT molecular complexity index is 228. The summed E-state index contributed by atoms with van der Waals surface area (Å²) in [7, 11) is 0. The zero-order chi connectivity index (χ0) is 10.6. The van der Waals surface area contributed by atoms with Crippen LogP contribution in [-0.2, 0) is 9.59 Å². The molecule has 14 heavy (non-hydrogen) atoms. The number of nitrogens with one attached hydrogen (secondary N) is 1. The van der Waals surface area contributed by atoms with Crippen LogP contribution in [0.4, 0.5) is 0 Å². The number of hydrogen-bond acceptors (Lipinski definition) is 2. The Hall–Kier alpha value is -1.06. The van der Waals surface area contributed by atoms with E-state index in [0.29, 0.717) is 13.0 Å². The van der Waals surface area contributed by atoms with Crippen molar-refractivity contribution < 1.29 is 9.59 Å². The molecule has 0 bridgehead atoms. The Morgan fingerprint density at radius 2 is 2.14 bits per heavy atom. The van der Waals surface area contributed by atoms with Crippen LogP contribution < -0.4 is 5.32 Å². The molecule has 1 saturated heterocycles. The van der Waals surface area contributed by atoms with Gasteiger partial charge >= 0.3 is 0 Å². The van der Waals surface area contributed by atoms with Gasteiger partial charge in [-0.1, -0.05) is 6.92 Å². The summed E-state index contributed by atoms with van der Waals surface area (Å²) in [6.07, 6.45) is 2.22. The molecule has 0 radical (unpaired) electrons. The standard InChI is InChI=1S/C10H18N2O2/c1-3-9(13)12-7-5-6-8(12)10(14)11-4-2/h8H,3-7H2,1-2H3,(H,11,14)/t8-/m0/s1. The fourth-order valence-electron chi connectivity index (χ4n) is 1.83. The highest BCUT2D eigenvalue weighted by Crippen LogP contribution is 2.18. The van der Waals surface area contributed by atoms with Gasteiger partial charge in [0.15, 0.2) is 0 Å². The molecule has 1 rings (SSSR count). The van der Waals surface area contributed by atoms with Crippen molar-refractivity contribution in [1.29, 1.82) is 0 Å². The second kappa shape index (κ2) is 4.98. The predicted molar refractivity (Wildman–Crippen MR) is 53.7 cm³/mol. The third-order valence-corrected chi connectivity index (χ3v) is 2.53. The van der Waals surface area contributed by atoms with E-state index in [4.69, 9.17) is 0 Å². The maximum absolute atomic E-state index is 11.6. The molecule has 1 aliphatic rings. The van der Waals surface area contributed by atoms with E-state index < -0.39 is 0 Å². The van der Waals surface area contributed by atoms with Crippen LogP contribution in [0.15, 0.2) is 0 Å². The Balaban J connectivity index is 2.59. The highest BCUT2D eigenvalue weighted by atomic mass is 16.2. The van der Waals surface area contributed by atoms with Gasteiger partial charge in [0.05, 0.1) is 0 Å². The first kappa shape index (κ1) is 11.0. The van der Waals surface area contributed by atoms with E-state index in [0.717, 1.165) is 19.4 Å². The first-order chi connectivity index (χ1) is 6.70. The Kier molecular flexibility index (Phi) is 3.92. The van der Waals surface area contributed by atoms with Gasteiger partial charge in [0.1, 0.15) is 6.04 Å². The highest BCUT2D eigenvalue weighted by molar-refractivity contribution is 5.88. The van der Waals surface area contributed by atoms with Crippen LogP contribution >= 0.6 is 0 Å². The normalized spacial score (nSPS) is 21.0. The molecule has 1 heterocycles. The van der Waals surface area contributed by atoms with Crippen molar-refractivity contribution in [3.8, 4) is 0 Å². The van der Waals surface area contributed by atoms with Crippen LogP contribution in [-0.4, -0.2) is 35.8 Å². The van der Waals surface area contributed by atoms with Crippen molar-refractivity contribution in [3.05, 3.63) is 0 Å². The lowest BCUT2D eigenvalue weighted by Crippen LogP contribution is -2.45. The fourth-order valence-corrected chi connectivity index (χ4v) is 1.83. The number of carbonyl (C=O) groups is 2. The minimum atomic E-state index is -0.220. The lowest BCUT2D eigenvalue weighted by Gasteiger charge is -2.23. The van der Waals surface area contributed by atoms with Gasteiger partial charge in [0.2, 0.25) is 11.8 Å². The first-order valence-corrected chi connectivity index (χ1v) is 5.27. The van der Waals surface area contributed by atoms with Gasteiger partial charge in [-0.25, -0.2) is 0 Å². The Morgan fingerprint density at radius 3 is 2.71 bits per heavy atom. The largest absolute Gasteiger partial charge is 0.355 e. The predicted octanol–water partition coefficient (Wildman–Crippen LogP) is 0.523. The van der Waals surface area contributed by atoms with E-state index in [1.165, 1.54) is 0 Å². The zero-order valence-corrected chi connectivity index (χ0v) is 8.88. The average Bonchev–Trinajstić information content (AvgIpc) is 2.65. The quantitative estimate of drug-likeness (QED) is 0.719. The molecule has 0 unspecified atom stereocenters. The summed E-state index contributed by atoms with van der Waals surface area (Å²) in [5.41, 5.74) is 0. The minimum absolute atomic E-state index is 0.00759. The monoisotopic (exact) mass is 198 g/mol. The van der Waals surface area contributed by atoms with E-state index in [1.807, 2.05) is 13.8 Å². The zero-order valence-electron chi connectivity index (χ0n) is 8.88. The minimum Gasteiger partial charge on any atom is -0.355 e. The van der Waals surface area contributed by atoms with Crippen molar-refractivity contribution >= 4 is 11.8 Å². The van der Waals surface area contributed by atoms with Crippen LogP contribution in [0.25, 0.3) is 0 Å². The molecule has 0 saturated carbocycles. The van der Waals surface area contributed by atoms with E-state index in [9.17, 15) is 9.59 Å². The summed E-state index contributed by atoms with van der Waals surface area (Å²) < 4.78 is 0. The topological polar surface area (TPSA) is 49.4 Å². The summed E-state index contributed by atoms with van der Waals surface area (Å²) in [6.45, 7) is 5.08. The summed E-state index contributed by atoms with van der Waals surface area (Å²) in [4.78, 5) is 24.7. The van der Waals surface area contributed by atoms with Gasteiger partial charge in [0, 0.05) is 19.5 Å². The Morgan fingerprint density at radius 1 is 1.43 bits per heavy atom. The molecular weight excluding hydrogens is 180 g/mol. The number of likely N-dealkylation sites (N-methyl/N-ethyl adjacent to an activating group) is 1. The van der Waals surface area contributed by atoms with Gasteiger partial charge in [-0.15, -0.1) is 0 Å². The van der Waals surface area contributed by atoms with Crippen molar-refractivity contribution in [1.82, 2.24) is 10.2 Å². The molecule has 80 valence electrons. The molecule has 0 aromatic heterocycles. The Labute approximate surface area is 84.7 Å². The van der Waals surface area contributed by atoms with Gasteiger partial charge < -0.3 is 10.2 Å². The summed E-state index contributed by atoms with van der Waals surface area (Å²) in [5.74, 6) is 0.0746. The number of nitrogens with zero attached hydrogens (tertiary/aromatic N) is 1. The molecule has 2 amide bonds. The van der Waals surface area contributed by atoms with Crippen LogP contribution in [0.1, 0.15) is 33.1 Å². The molecule has 0 aromatic rings. The maximum atomic E-state index is 11.6. The van der Waals surface area contributed by atoms with Crippen molar-refractivity contribution in [2.45, 2.75) is 39.2 Å². The summed E-state index contributed by atoms with van der Waals surface area (Å²) >= 11 is 0. The molecule has 0 aromatic carbocycles. The first-order valence-electron chi connectivity index (χ1n) is 5.27. The van der Waals surface area contributed by atoms with Gasteiger partial charge in [-0.2, -0.15) is 0 Å². The number of likely N-dealkylation sites (tertiary alicyclic amines) is 1. The van der Waals surface area contributed by atoms with E-state index >= 15 is 0 Å². The molecule has 1 atom stereocenters. The third kappa shape index (κ3) is 2.25. The number of rotatable bonds is 3. The van der Waals surface area contributed by atoms with Crippen LogP contribution in [0.3, 0.4) is 0 Å². The van der Waals surface area contributed by atoms with Gasteiger partial charge in [-0.05, 0) is 19.8 Å². The molecule has 1 fully saturated rings. The van der Waals surface area contributed by atoms with Crippen molar-refractivity contribution in [3.63, 3.8) is 0 Å². The molecule has 1 aliphatic heterocycles. The maximum Gasteiger partial charge on any atom is 0.242 e. The second-order valence-electron chi connectivity index (χ2n) is 3.49. The number of carbonyl (C=O) groups excluding carboxylic acids is 2. The van der Waals surface area contributed by atoms with Crippen LogP contribution in [0, 0.1) is 0 Å². The summed E-state index contributed by atoms with van der Waals surface area (Å²) in [6, 6.07) is -0.220. The van der Waals surface area contributed by atoms with E-state index in [-0.39, 0.29) is 17.9 Å². The fraction of sp³-hybridized carbons (Fsp3) is 0.800. The highest BCUT2D eigenvalue weighted by Gasteiger charge is 2.32. The average molecular weight is 198 g/mol. The van der Waals surface area contributed by atoms with Gasteiger partial charge in [-0.3, -0.25) is 9.59 Å². The van der Waals surface area contributed by atoms with E-state index in [1.54, 1.807) is 4.90 Å². The van der Waals surface area contributed by atoms with Crippen LogP contribution in [0.2, 0.25) is 0 Å². The van der Waals surface area contributed by atoms with Crippen molar-refractivity contribution in [2.75, 3.05) is 13.1 Å². The SMILES string of the molecule is CCNC(=O)[C@@H]1CCCN1C(=O)CC. The lowest BCUT2D eigenvalue weighted by atomic mass is 10.2. The van der Waals surface area contributed by atoms with Gasteiger partial charge in [0.25, 0.3) is 0 Å². The van der Waals surface area contributed by atoms with E-state index in [2.05, 4.69) is 5.32 Å². The third-order valence-electron chi connectivity index (χ3n) is 2.53. The lowest BCUT2D eigenvalue weighted by molar-refractivity contribution is -0.138. The molecule has 0 spiro atoms. The summed E-state index contributed by atoms with van der Waals surface area (Å²) in [5, 5.41) is 2.76. The number of hydrogen-bond donors (Lipinski definition) is 1. The molecular formula is C10H18N2O2. The molecule has 4 heteroatoms. The number of amides is 2. The van der Waals surface area contributed by atoms with Crippen molar-refractivity contribution in [2.24, 2.45) is 0 Å². The smallest absolute Gasteiger partial charge is 0.242 e. The molecule has 1 N–H and O–H groups in total. The van der Waals surface area contributed by atoms with Crippen LogP contribution in [0.5, 0.6) is 0 Å². The second-order valence-corrected chi connectivity index (χ2v) is 3.49. The molecule has 4 nitrogen and oxygen atoms in total. The molecule has 0 aliphatic carbocycles.